The highest BCUT2D eigenvalue weighted by Gasteiger charge is 2.50. The molecule has 2 nitrogen and oxygen atoms in total. The number of rotatable bonds is 2. The van der Waals surface area contributed by atoms with Gasteiger partial charge in [-0.25, -0.2) is 0 Å². The van der Waals surface area contributed by atoms with Crippen molar-refractivity contribution in [1.82, 2.24) is 5.32 Å². The first-order valence-corrected chi connectivity index (χ1v) is 6.51. The van der Waals surface area contributed by atoms with Crippen LogP contribution in [0, 0.1) is 0 Å². The zero-order valence-electron chi connectivity index (χ0n) is 9.25. The van der Waals surface area contributed by atoms with Gasteiger partial charge in [0.1, 0.15) is 6.10 Å². The molecule has 0 bridgehead atoms. The monoisotopic (exact) mass is 223 g/mol. The predicted octanol–water partition coefficient (Wildman–Crippen LogP) is 2.46. The van der Waals surface area contributed by atoms with Crippen molar-refractivity contribution in [2.75, 3.05) is 13.7 Å². The van der Waals surface area contributed by atoms with Crippen molar-refractivity contribution in [2.45, 2.75) is 37.3 Å². The van der Waals surface area contributed by atoms with Crippen LogP contribution < -0.4 is 5.32 Å². The van der Waals surface area contributed by atoms with Crippen LogP contribution in [-0.4, -0.2) is 19.7 Å². The Morgan fingerprint density at radius 3 is 3.07 bits per heavy atom. The molecule has 2 heterocycles. The third-order valence-electron chi connectivity index (χ3n) is 3.83. The molecular formula is C12H17NOS. The molecule has 1 saturated carbocycles. The van der Waals surface area contributed by atoms with E-state index in [0.717, 1.165) is 6.61 Å². The topological polar surface area (TPSA) is 21.3 Å². The maximum atomic E-state index is 6.04. The summed E-state index contributed by atoms with van der Waals surface area (Å²) < 4.78 is 6.04. The van der Waals surface area contributed by atoms with Crippen LogP contribution in [0.4, 0.5) is 0 Å². The van der Waals surface area contributed by atoms with Gasteiger partial charge in [-0.2, -0.15) is 0 Å². The first-order valence-electron chi connectivity index (χ1n) is 5.63. The van der Waals surface area contributed by atoms with Crippen LogP contribution in [0.2, 0.25) is 0 Å². The third kappa shape index (κ3) is 1.37. The molecule has 1 spiro atoms. The van der Waals surface area contributed by atoms with Crippen molar-refractivity contribution in [3.05, 3.63) is 21.9 Å². The third-order valence-corrected chi connectivity index (χ3v) is 4.81. The minimum Gasteiger partial charge on any atom is -0.370 e. The van der Waals surface area contributed by atoms with Crippen LogP contribution in [0.3, 0.4) is 0 Å². The number of likely N-dealkylation sites (N-methyl/N-ethyl adjacent to an activating group) is 1. The van der Waals surface area contributed by atoms with Crippen LogP contribution in [0.5, 0.6) is 0 Å². The Labute approximate surface area is 94.6 Å². The minimum absolute atomic E-state index is 0.260. The molecule has 3 rings (SSSR count). The Hall–Kier alpha value is -0.380. The summed E-state index contributed by atoms with van der Waals surface area (Å²) in [5, 5.41) is 5.51. The molecule has 1 aliphatic heterocycles. The van der Waals surface area contributed by atoms with E-state index in [9.17, 15) is 0 Å². The van der Waals surface area contributed by atoms with Gasteiger partial charge in [0, 0.05) is 16.3 Å². The smallest absolute Gasteiger partial charge is 0.107 e. The molecule has 0 saturated heterocycles. The fourth-order valence-corrected chi connectivity index (χ4v) is 3.64. The summed E-state index contributed by atoms with van der Waals surface area (Å²) in [7, 11) is 2.00. The van der Waals surface area contributed by atoms with Crippen molar-refractivity contribution in [1.29, 1.82) is 0 Å². The molecular weight excluding hydrogens is 206 g/mol. The molecule has 15 heavy (non-hydrogen) atoms. The van der Waals surface area contributed by atoms with E-state index in [4.69, 9.17) is 4.74 Å². The van der Waals surface area contributed by atoms with E-state index < -0.39 is 0 Å². The SMILES string of the molecule is CNC(C)C1OCC2(CC2)c2ccsc21. The number of ether oxygens (including phenoxy) is 1. The van der Waals surface area contributed by atoms with E-state index in [1.165, 1.54) is 17.7 Å². The molecule has 0 aromatic carbocycles. The van der Waals surface area contributed by atoms with Crippen LogP contribution in [0.25, 0.3) is 0 Å². The quantitative estimate of drug-likeness (QED) is 0.831. The molecule has 1 aromatic heterocycles. The summed E-state index contributed by atoms with van der Waals surface area (Å²) in [6, 6.07) is 2.71. The van der Waals surface area contributed by atoms with Crippen LogP contribution in [0.15, 0.2) is 11.4 Å². The molecule has 1 aliphatic carbocycles. The molecule has 3 heteroatoms. The summed E-state index contributed by atoms with van der Waals surface area (Å²) in [5.74, 6) is 0. The second kappa shape index (κ2) is 3.30. The Morgan fingerprint density at radius 2 is 2.40 bits per heavy atom. The van der Waals surface area contributed by atoms with Gasteiger partial charge < -0.3 is 10.1 Å². The number of nitrogens with one attached hydrogen (secondary N) is 1. The van der Waals surface area contributed by atoms with E-state index >= 15 is 0 Å². The maximum absolute atomic E-state index is 6.04. The Kier molecular flexibility index (Phi) is 2.16. The molecule has 0 radical (unpaired) electrons. The second-order valence-electron chi connectivity index (χ2n) is 4.79. The molecule has 2 atom stereocenters. The lowest BCUT2D eigenvalue weighted by molar-refractivity contribution is 0.00593. The highest BCUT2D eigenvalue weighted by Crippen LogP contribution is 2.55. The van der Waals surface area contributed by atoms with Crippen molar-refractivity contribution >= 4 is 11.3 Å². The second-order valence-corrected chi connectivity index (χ2v) is 5.74. The lowest BCUT2D eigenvalue weighted by Crippen LogP contribution is -2.36. The summed E-state index contributed by atoms with van der Waals surface area (Å²) in [6.07, 6.45) is 2.89. The van der Waals surface area contributed by atoms with Gasteiger partial charge in [-0.3, -0.25) is 0 Å². The zero-order chi connectivity index (χ0) is 10.5. The van der Waals surface area contributed by atoms with Crippen LogP contribution in [-0.2, 0) is 10.2 Å². The van der Waals surface area contributed by atoms with Gasteiger partial charge in [-0.05, 0) is 43.8 Å². The molecule has 2 unspecified atom stereocenters. The Bertz CT molecular complexity index is 369. The minimum atomic E-state index is 0.260. The number of thiophene rings is 1. The zero-order valence-corrected chi connectivity index (χ0v) is 10.1. The lowest BCUT2D eigenvalue weighted by atomic mass is 9.91. The fourth-order valence-electron chi connectivity index (χ4n) is 2.47. The van der Waals surface area contributed by atoms with Gasteiger partial charge in [0.15, 0.2) is 0 Å². The van der Waals surface area contributed by atoms with Gasteiger partial charge in [-0.15, -0.1) is 11.3 Å². The standard InChI is InChI=1S/C12H17NOS/c1-8(13-2)10-11-9(3-6-15-11)12(4-5-12)7-14-10/h3,6,8,10,13H,4-5,7H2,1-2H3. The summed E-state index contributed by atoms with van der Waals surface area (Å²) >= 11 is 1.85. The summed E-state index contributed by atoms with van der Waals surface area (Å²) in [4.78, 5) is 1.46. The van der Waals surface area contributed by atoms with E-state index in [1.54, 1.807) is 5.56 Å². The van der Waals surface area contributed by atoms with E-state index in [1.807, 2.05) is 18.4 Å². The van der Waals surface area contributed by atoms with Gasteiger partial charge in [0.25, 0.3) is 0 Å². The largest absolute Gasteiger partial charge is 0.370 e. The Balaban J connectivity index is 1.97. The first-order chi connectivity index (χ1) is 7.27. The van der Waals surface area contributed by atoms with Crippen molar-refractivity contribution in [2.24, 2.45) is 0 Å². The lowest BCUT2D eigenvalue weighted by Gasteiger charge is -2.32. The molecule has 1 fully saturated rings. The van der Waals surface area contributed by atoms with Gasteiger partial charge in [0.05, 0.1) is 6.61 Å². The molecule has 0 amide bonds. The highest BCUT2D eigenvalue weighted by atomic mass is 32.1. The Morgan fingerprint density at radius 1 is 1.60 bits per heavy atom. The molecule has 82 valence electrons. The number of fused-ring (bicyclic) bond motifs is 2. The average Bonchev–Trinajstić information content (AvgIpc) is 2.85. The summed E-state index contributed by atoms with van der Waals surface area (Å²) in [5.41, 5.74) is 1.99. The first kappa shape index (κ1) is 9.82. The van der Waals surface area contributed by atoms with Gasteiger partial charge >= 0.3 is 0 Å². The fraction of sp³-hybridized carbons (Fsp3) is 0.667. The van der Waals surface area contributed by atoms with E-state index in [0.29, 0.717) is 11.5 Å². The highest BCUT2D eigenvalue weighted by molar-refractivity contribution is 7.10. The predicted molar refractivity (Wildman–Crippen MR) is 62.4 cm³/mol. The van der Waals surface area contributed by atoms with Crippen LogP contribution in [0.1, 0.15) is 36.3 Å². The van der Waals surface area contributed by atoms with E-state index in [-0.39, 0.29) is 6.10 Å². The molecule has 1 aromatic rings. The molecule has 2 aliphatic rings. The van der Waals surface area contributed by atoms with Gasteiger partial charge in [0.2, 0.25) is 0 Å². The van der Waals surface area contributed by atoms with Crippen LogP contribution >= 0.6 is 11.3 Å². The van der Waals surface area contributed by atoms with Gasteiger partial charge in [-0.1, -0.05) is 0 Å². The number of hydrogen-bond donors (Lipinski definition) is 1. The van der Waals surface area contributed by atoms with Crippen molar-refractivity contribution < 1.29 is 4.74 Å². The number of hydrogen-bond acceptors (Lipinski definition) is 3. The normalized spacial score (nSPS) is 28.8. The van der Waals surface area contributed by atoms with Crippen molar-refractivity contribution in [3.8, 4) is 0 Å². The molecule has 1 N–H and O–H groups in total. The maximum Gasteiger partial charge on any atom is 0.107 e. The summed E-state index contributed by atoms with van der Waals surface area (Å²) in [6.45, 7) is 3.12. The average molecular weight is 223 g/mol. The van der Waals surface area contributed by atoms with E-state index in [2.05, 4.69) is 23.7 Å². The van der Waals surface area contributed by atoms with Crippen molar-refractivity contribution in [3.63, 3.8) is 0 Å².